The molecule has 3 heteroatoms. The Kier molecular flexibility index (Phi) is 2.88. The number of hydrogen-bond donors (Lipinski definition) is 2. The van der Waals surface area contributed by atoms with Gasteiger partial charge in [-0.1, -0.05) is 6.42 Å². The van der Waals surface area contributed by atoms with Crippen molar-refractivity contribution in [3.05, 3.63) is 0 Å². The Morgan fingerprint density at radius 3 is 2.81 bits per heavy atom. The molecule has 16 heavy (non-hydrogen) atoms. The van der Waals surface area contributed by atoms with Crippen LogP contribution >= 0.6 is 0 Å². The van der Waals surface area contributed by atoms with Gasteiger partial charge >= 0.3 is 0 Å². The minimum Gasteiger partial charge on any atom is -0.355 e. The topological polar surface area (TPSA) is 41.1 Å². The van der Waals surface area contributed by atoms with Crippen molar-refractivity contribution in [2.75, 3.05) is 13.1 Å². The van der Waals surface area contributed by atoms with Gasteiger partial charge in [-0.2, -0.15) is 0 Å². The Balaban J connectivity index is 1.41. The summed E-state index contributed by atoms with van der Waals surface area (Å²) in [5.41, 5.74) is 0. The molecule has 2 aliphatic carbocycles. The average Bonchev–Trinajstić information content (AvgIpc) is 2.90. The molecule has 0 spiro atoms. The molecule has 4 atom stereocenters. The number of amides is 1. The van der Waals surface area contributed by atoms with Gasteiger partial charge in [0.2, 0.25) is 5.91 Å². The van der Waals surface area contributed by atoms with E-state index in [1.54, 1.807) is 0 Å². The van der Waals surface area contributed by atoms with Crippen molar-refractivity contribution in [3.8, 4) is 0 Å². The van der Waals surface area contributed by atoms with Crippen molar-refractivity contribution in [1.29, 1.82) is 0 Å². The number of piperidine rings is 1. The van der Waals surface area contributed by atoms with Gasteiger partial charge in [-0.25, -0.2) is 0 Å². The van der Waals surface area contributed by atoms with Gasteiger partial charge in [0.1, 0.15) is 0 Å². The van der Waals surface area contributed by atoms with Crippen molar-refractivity contribution in [2.45, 2.75) is 44.6 Å². The highest BCUT2D eigenvalue weighted by atomic mass is 16.1. The average molecular weight is 222 g/mol. The van der Waals surface area contributed by atoms with Crippen LogP contribution in [0.2, 0.25) is 0 Å². The van der Waals surface area contributed by atoms with E-state index in [4.69, 9.17) is 0 Å². The van der Waals surface area contributed by atoms with E-state index in [0.717, 1.165) is 30.7 Å². The maximum Gasteiger partial charge on any atom is 0.220 e. The Labute approximate surface area is 97.4 Å². The van der Waals surface area contributed by atoms with Crippen LogP contribution in [-0.2, 0) is 4.79 Å². The lowest BCUT2D eigenvalue weighted by Crippen LogP contribution is -2.47. The predicted molar refractivity (Wildman–Crippen MR) is 63.0 cm³/mol. The Morgan fingerprint density at radius 2 is 2.19 bits per heavy atom. The summed E-state index contributed by atoms with van der Waals surface area (Å²) in [5.74, 6) is 3.20. The molecule has 0 radical (unpaired) electrons. The lowest BCUT2D eigenvalue weighted by atomic mass is 9.88. The summed E-state index contributed by atoms with van der Waals surface area (Å²) in [6.45, 7) is 2.02. The Morgan fingerprint density at radius 1 is 1.25 bits per heavy atom. The van der Waals surface area contributed by atoms with Crippen LogP contribution in [0.1, 0.15) is 38.5 Å². The number of carbonyl (C=O) groups is 1. The first-order chi connectivity index (χ1) is 7.81. The molecule has 3 nitrogen and oxygen atoms in total. The molecule has 0 aromatic heterocycles. The van der Waals surface area contributed by atoms with Crippen molar-refractivity contribution < 1.29 is 4.79 Å². The van der Waals surface area contributed by atoms with Crippen LogP contribution in [0.25, 0.3) is 0 Å². The molecular formula is C13H22N2O. The molecular weight excluding hydrogens is 200 g/mol. The molecule has 0 aromatic rings. The van der Waals surface area contributed by atoms with Crippen molar-refractivity contribution in [1.82, 2.24) is 10.6 Å². The zero-order chi connectivity index (χ0) is 11.0. The third-order valence-electron chi connectivity index (χ3n) is 4.82. The summed E-state index contributed by atoms with van der Waals surface area (Å²) in [5, 5.41) is 6.59. The van der Waals surface area contributed by atoms with Crippen molar-refractivity contribution in [2.24, 2.45) is 17.8 Å². The lowest BCUT2D eigenvalue weighted by molar-refractivity contribution is -0.122. The van der Waals surface area contributed by atoms with Crippen LogP contribution < -0.4 is 10.6 Å². The van der Waals surface area contributed by atoms with Gasteiger partial charge in [-0.05, 0) is 50.0 Å². The molecule has 1 amide bonds. The smallest absolute Gasteiger partial charge is 0.220 e. The van der Waals surface area contributed by atoms with Crippen LogP contribution in [0.4, 0.5) is 0 Å². The highest BCUT2D eigenvalue weighted by molar-refractivity contribution is 5.76. The Bertz CT molecular complexity index is 269. The highest BCUT2D eigenvalue weighted by Gasteiger charge is 2.39. The first-order valence-corrected chi connectivity index (χ1v) is 6.81. The second-order valence-corrected chi connectivity index (χ2v) is 5.88. The maximum atomic E-state index is 11.0. The van der Waals surface area contributed by atoms with Gasteiger partial charge in [0, 0.05) is 19.0 Å². The standard InChI is InChI=1S/C13H22N2O/c16-13-4-3-12(8-15-13)14-7-11-6-9-1-2-10(11)5-9/h9-12,14H,1-8H2,(H,15,16). The molecule has 2 saturated carbocycles. The van der Waals surface area contributed by atoms with Gasteiger partial charge < -0.3 is 10.6 Å². The summed E-state index contributed by atoms with van der Waals surface area (Å²) < 4.78 is 0. The van der Waals surface area contributed by atoms with Crippen LogP contribution in [-0.4, -0.2) is 25.0 Å². The molecule has 3 fully saturated rings. The van der Waals surface area contributed by atoms with E-state index in [1.807, 2.05) is 0 Å². The molecule has 3 rings (SSSR count). The Hall–Kier alpha value is -0.570. The quantitative estimate of drug-likeness (QED) is 0.755. The van der Waals surface area contributed by atoms with Crippen LogP contribution in [0.15, 0.2) is 0 Å². The molecule has 3 aliphatic rings. The minimum absolute atomic E-state index is 0.220. The van der Waals surface area contributed by atoms with Crippen LogP contribution in [0.5, 0.6) is 0 Å². The van der Waals surface area contributed by atoms with Crippen molar-refractivity contribution >= 4 is 5.91 Å². The van der Waals surface area contributed by atoms with E-state index >= 15 is 0 Å². The summed E-state index contributed by atoms with van der Waals surface area (Å²) in [7, 11) is 0. The second-order valence-electron chi connectivity index (χ2n) is 5.88. The molecule has 1 heterocycles. The summed E-state index contributed by atoms with van der Waals surface area (Å²) in [4.78, 5) is 11.0. The fraction of sp³-hybridized carbons (Fsp3) is 0.923. The number of hydrogen-bond acceptors (Lipinski definition) is 2. The maximum absolute atomic E-state index is 11.0. The third-order valence-corrected chi connectivity index (χ3v) is 4.82. The zero-order valence-corrected chi connectivity index (χ0v) is 9.87. The molecule has 1 saturated heterocycles. The molecule has 2 N–H and O–H groups in total. The summed E-state index contributed by atoms with van der Waals surface area (Å²) in [6, 6.07) is 0.525. The van der Waals surface area contributed by atoms with E-state index in [0.29, 0.717) is 12.5 Å². The zero-order valence-electron chi connectivity index (χ0n) is 9.87. The predicted octanol–water partition coefficient (Wildman–Crippen LogP) is 1.29. The fourth-order valence-electron chi connectivity index (χ4n) is 3.85. The normalized spacial score (nSPS) is 42.4. The van der Waals surface area contributed by atoms with E-state index in [-0.39, 0.29) is 5.91 Å². The monoisotopic (exact) mass is 222 g/mol. The first-order valence-electron chi connectivity index (χ1n) is 6.81. The van der Waals surface area contributed by atoms with Gasteiger partial charge in [0.05, 0.1) is 0 Å². The number of fused-ring (bicyclic) bond motifs is 2. The van der Waals surface area contributed by atoms with E-state index in [1.165, 1.54) is 32.2 Å². The van der Waals surface area contributed by atoms with Gasteiger partial charge in [-0.15, -0.1) is 0 Å². The number of nitrogens with one attached hydrogen (secondary N) is 2. The number of rotatable bonds is 3. The summed E-state index contributed by atoms with van der Waals surface area (Å²) >= 11 is 0. The molecule has 2 bridgehead atoms. The van der Waals surface area contributed by atoms with Gasteiger partial charge in [0.25, 0.3) is 0 Å². The molecule has 0 aromatic carbocycles. The molecule has 4 unspecified atom stereocenters. The van der Waals surface area contributed by atoms with Crippen molar-refractivity contribution in [3.63, 3.8) is 0 Å². The van der Waals surface area contributed by atoms with E-state index in [9.17, 15) is 4.79 Å². The van der Waals surface area contributed by atoms with Crippen LogP contribution in [0, 0.1) is 17.8 Å². The summed E-state index contributed by atoms with van der Waals surface area (Å²) in [6.07, 6.45) is 7.63. The molecule has 1 aliphatic heterocycles. The second kappa shape index (κ2) is 4.36. The third kappa shape index (κ3) is 2.10. The fourth-order valence-corrected chi connectivity index (χ4v) is 3.85. The van der Waals surface area contributed by atoms with Gasteiger partial charge in [0.15, 0.2) is 0 Å². The minimum atomic E-state index is 0.220. The SMILES string of the molecule is O=C1CCC(NCC2CC3CCC2C3)CN1. The lowest BCUT2D eigenvalue weighted by Gasteiger charge is -2.28. The molecule has 90 valence electrons. The van der Waals surface area contributed by atoms with E-state index < -0.39 is 0 Å². The largest absolute Gasteiger partial charge is 0.355 e. The van der Waals surface area contributed by atoms with Crippen LogP contribution in [0.3, 0.4) is 0 Å². The van der Waals surface area contributed by atoms with Gasteiger partial charge in [-0.3, -0.25) is 4.79 Å². The highest BCUT2D eigenvalue weighted by Crippen LogP contribution is 2.47. The first kappa shape index (κ1) is 10.6. The number of carbonyl (C=O) groups excluding carboxylic acids is 1. The van der Waals surface area contributed by atoms with E-state index in [2.05, 4.69) is 10.6 Å².